The lowest BCUT2D eigenvalue weighted by molar-refractivity contribution is -0.141. The van der Waals surface area contributed by atoms with E-state index in [1.807, 2.05) is 0 Å². The third-order valence-corrected chi connectivity index (χ3v) is 2.73. The van der Waals surface area contributed by atoms with Crippen molar-refractivity contribution in [1.29, 1.82) is 0 Å². The smallest absolute Gasteiger partial charge is 0.340 e. The molecule has 0 spiro atoms. The van der Waals surface area contributed by atoms with Crippen molar-refractivity contribution >= 4 is 23.3 Å². The Morgan fingerprint density at radius 3 is 2.42 bits per heavy atom. The molecule has 1 aromatic rings. The zero-order chi connectivity index (χ0) is 14.6. The number of carbonyl (C=O) groups is 2. The highest BCUT2D eigenvalue weighted by atomic mass is 16.5. The van der Waals surface area contributed by atoms with Crippen molar-refractivity contribution in [3.63, 3.8) is 0 Å². The molecule has 3 N–H and O–H groups in total. The van der Waals surface area contributed by atoms with Crippen LogP contribution in [0.15, 0.2) is 12.1 Å². The SMILES string of the molecule is COC(=O)c1cc(NC(C)C(=O)OC)cc(C)c1N. The van der Waals surface area contributed by atoms with Gasteiger partial charge in [0.05, 0.1) is 19.8 Å². The average molecular weight is 266 g/mol. The number of hydrogen-bond acceptors (Lipinski definition) is 6. The first-order chi connectivity index (χ1) is 8.90. The van der Waals surface area contributed by atoms with Crippen LogP contribution >= 0.6 is 0 Å². The molecule has 0 heterocycles. The number of carbonyl (C=O) groups excluding carboxylic acids is 2. The van der Waals surface area contributed by atoms with Crippen LogP contribution in [0.25, 0.3) is 0 Å². The van der Waals surface area contributed by atoms with Crippen LogP contribution in [-0.4, -0.2) is 32.2 Å². The number of rotatable bonds is 4. The maximum absolute atomic E-state index is 11.6. The van der Waals surface area contributed by atoms with E-state index >= 15 is 0 Å². The van der Waals surface area contributed by atoms with Crippen LogP contribution in [0.4, 0.5) is 11.4 Å². The predicted octanol–water partition coefficient (Wildman–Crippen LogP) is 1.34. The largest absolute Gasteiger partial charge is 0.467 e. The highest BCUT2D eigenvalue weighted by Crippen LogP contribution is 2.24. The second-order valence-corrected chi connectivity index (χ2v) is 4.14. The number of anilines is 2. The van der Waals surface area contributed by atoms with Gasteiger partial charge in [-0.2, -0.15) is 0 Å². The van der Waals surface area contributed by atoms with Gasteiger partial charge in [0, 0.05) is 11.4 Å². The Bertz CT molecular complexity index is 500. The van der Waals surface area contributed by atoms with E-state index in [-0.39, 0.29) is 5.56 Å². The molecule has 0 aliphatic carbocycles. The Morgan fingerprint density at radius 1 is 1.26 bits per heavy atom. The van der Waals surface area contributed by atoms with Crippen molar-refractivity contribution in [2.45, 2.75) is 19.9 Å². The van der Waals surface area contributed by atoms with E-state index in [1.54, 1.807) is 26.0 Å². The van der Waals surface area contributed by atoms with E-state index in [4.69, 9.17) is 5.73 Å². The number of nitrogens with one attached hydrogen (secondary N) is 1. The molecule has 0 aliphatic heterocycles. The highest BCUT2D eigenvalue weighted by molar-refractivity contribution is 5.97. The molecule has 0 aliphatic rings. The normalized spacial score (nSPS) is 11.6. The molecular formula is C13H18N2O4. The Balaban J connectivity index is 3.07. The van der Waals surface area contributed by atoms with Crippen molar-refractivity contribution in [3.8, 4) is 0 Å². The second kappa shape index (κ2) is 6.08. The van der Waals surface area contributed by atoms with Gasteiger partial charge in [0.1, 0.15) is 6.04 Å². The van der Waals surface area contributed by atoms with E-state index in [0.29, 0.717) is 11.4 Å². The summed E-state index contributed by atoms with van der Waals surface area (Å²) in [5.41, 5.74) is 7.78. The van der Waals surface area contributed by atoms with Gasteiger partial charge in [-0.05, 0) is 31.5 Å². The summed E-state index contributed by atoms with van der Waals surface area (Å²) >= 11 is 0. The monoisotopic (exact) mass is 266 g/mol. The summed E-state index contributed by atoms with van der Waals surface area (Å²) in [5.74, 6) is -0.913. The standard InChI is InChI=1S/C13H18N2O4/c1-7-5-9(15-8(2)12(16)18-3)6-10(11(7)14)13(17)19-4/h5-6,8,15H,14H2,1-4H3. The summed E-state index contributed by atoms with van der Waals surface area (Å²) in [5, 5.41) is 2.94. The number of aryl methyl sites for hydroxylation is 1. The summed E-state index contributed by atoms with van der Waals surface area (Å²) in [4.78, 5) is 22.9. The van der Waals surface area contributed by atoms with Gasteiger partial charge in [0.25, 0.3) is 0 Å². The van der Waals surface area contributed by atoms with E-state index < -0.39 is 18.0 Å². The van der Waals surface area contributed by atoms with Gasteiger partial charge in [0.2, 0.25) is 0 Å². The number of hydrogen-bond donors (Lipinski definition) is 2. The van der Waals surface area contributed by atoms with Crippen molar-refractivity contribution in [2.75, 3.05) is 25.3 Å². The van der Waals surface area contributed by atoms with Crippen LogP contribution in [0.5, 0.6) is 0 Å². The summed E-state index contributed by atoms with van der Waals surface area (Å²) < 4.78 is 9.28. The van der Waals surface area contributed by atoms with E-state index in [1.165, 1.54) is 14.2 Å². The Hall–Kier alpha value is -2.24. The minimum absolute atomic E-state index is 0.266. The Morgan fingerprint density at radius 2 is 1.89 bits per heavy atom. The molecule has 6 heteroatoms. The van der Waals surface area contributed by atoms with Gasteiger partial charge in [-0.25, -0.2) is 9.59 Å². The topological polar surface area (TPSA) is 90.6 Å². The molecule has 0 aromatic heterocycles. The minimum Gasteiger partial charge on any atom is -0.467 e. The van der Waals surface area contributed by atoms with Gasteiger partial charge in [-0.1, -0.05) is 0 Å². The van der Waals surface area contributed by atoms with Crippen LogP contribution in [0.2, 0.25) is 0 Å². The summed E-state index contributed by atoms with van der Waals surface area (Å²) in [6.07, 6.45) is 0. The maximum Gasteiger partial charge on any atom is 0.340 e. The first-order valence-corrected chi connectivity index (χ1v) is 5.73. The molecule has 0 radical (unpaired) electrons. The predicted molar refractivity (Wildman–Crippen MR) is 72.0 cm³/mol. The number of nitrogens with two attached hydrogens (primary N) is 1. The Labute approximate surface area is 111 Å². The molecule has 0 saturated heterocycles. The van der Waals surface area contributed by atoms with Crippen molar-refractivity contribution < 1.29 is 19.1 Å². The lowest BCUT2D eigenvalue weighted by Gasteiger charge is -2.15. The fourth-order valence-corrected chi connectivity index (χ4v) is 1.65. The van der Waals surface area contributed by atoms with E-state index in [0.717, 1.165) is 5.56 Å². The molecule has 1 aromatic carbocycles. The molecule has 1 unspecified atom stereocenters. The molecule has 0 amide bonds. The summed E-state index contributed by atoms with van der Waals surface area (Å²) in [7, 11) is 2.60. The minimum atomic E-state index is -0.529. The third-order valence-electron chi connectivity index (χ3n) is 2.73. The molecule has 0 bridgehead atoms. The Kier molecular flexibility index (Phi) is 4.74. The summed E-state index contributed by atoms with van der Waals surface area (Å²) in [6, 6.07) is 2.77. The van der Waals surface area contributed by atoms with Gasteiger partial charge >= 0.3 is 11.9 Å². The zero-order valence-corrected chi connectivity index (χ0v) is 11.4. The van der Waals surface area contributed by atoms with Crippen LogP contribution in [-0.2, 0) is 14.3 Å². The first-order valence-electron chi connectivity index (χ1n) is 5.73. The number of nitrogen functional groups attached to an aromatic ring is 1. The van der Waals surface area contributed by atoms with Crippen LogP contribution < -0.4 is 11.1 Å². The maximum atomic E-state index is 11.6. The van der Waals surface area contributed by atoms with Gasteiger partial charge in [-0.15, -0.1) is 0 Å². The fraction of sp³-hybridized carbons (Fsp3) is 0.385. The third kappa shape index (κ3) is 3.37. The lowest BCUT2D eigenvalue weighted by Crippen LogP contribution is -2.27. The van der Waals surface area contributed by atoms with E-state index in [9.17, 15) is 9.59 Å². The zero-order valence-electron chi connectivity index (χ0n) is 11.4. The number of methoxy groups -OCH3 is 2. The summed E-state index contributed by atoms with van der Waals surface area (Å²) in [6.45, 7) is 3.44. The van der Waals surface area contributed by atoms with Crippen LogP contribution in [0, 0.1) is 6.92 Å². The average Bonchev–Trinajstić information content (AvgIpc) is 2.40. The van der Waals surface area contributed by atoms with Gasteiger partial charge in [-0.3, -0.25) is 0 Å². The number of esters is 2. The quantitative estimate of drug-likeness (QED) is 0.631. The molecule has 104 valence electrons. The van der Waals surface area contributed by atoms with Crippen molar-refractivity contribution in [3.05, 3.63) is 23.3 Å². The van der Waals surface area contributed by atoms with E-state index in [2.05, 4.69) is 14.8 Å². The molecule has 1 rings (SSSR count). The first kappa shape index (κ1) is 14.8. The molecule has 1 atom stereocenters. The van der Waals surface area contributed by atoms with Crippen molar-refractivity contribution in [2.24, 2.45) is 0 Å². The molecule has 0 fully saturated rings. The van der Waals surface area contributed by atoms with Gasteiger partial charge < -0.3 is 20.5 Å². The highest BCUT2D eigenvalue weighted by Gasteiger charge is 2.17. The molecule has 19 heavy (non-hydrogen) atoms. The van der Waals surface area contributed by atoms with Gasteiger partial charge in [0.15, 0.2) is 0 Å². The lowest BCUT2D eigenvalue weighted by atomic mass is 10.1. The number of benzene rings is 1. The molecular weight excluding hydrogens is 248 g/mol. The van der Waals surface area contributed by atoms with Crippen molar-refractivity contribution in [1.82, 2.24) is 0 Å². The van der Waals surface area contributed by atoms with Crippen LogP contribution in [0.3, 0.4) is 0 Å². The molecule has 6 nitrogen and oxygen atoms in total. The van der Waals surface area contributed by atoms with Crippen LogP contribution in [0.1, 0.15) is 22.8 Å². The number of ether oxygens (including phenoxy) is 2. The molecule has 0 saturated carbocycles. The fourth-order valence-electron chi connectivity index (χ4n) is 1.65. The second-order valence-electron chi connectivity index (χ2n) is 4.14.